The normalized spacial score (nSPS) is 14.5. The van der Waals surface area contributed by atoms with E-state index in [0.29, 0.717) is 0 Å². The SMILES string of the molecule is COc1ccc(N2CCN(C(=O)c3ccc(CSC)cc3)CC2)cc1. The van der Waals surface area contributed by atoms with Crippen LogP contribution >= 0.6 is 11.8 Å². The second-order valence-electron chi connectivity index (χ2n) is 6.11. The van der Waals surface area contributed by atoms with Gasteiger partial charge in [-0.2, -0.15) is 11.8 Å². The third-order valence-corrected chi connectivity index (χ3v) is 5.14. The highest BCUT2D eigenvalue weighted by Crippen LogP contribution is 2.21. The molecule has 2 aromatic carbocycles. The standard InChI is InChI=1S/C20H24N2O2S/c1-24-19-9-7-18(8-10-19)21-11-13-22(14-12-21)20(23)17-5-3-16(4-6-17)15-25-2/h3-10H,11-15H2,1-2H3. The smallest absolute Gasteiger partial charge is 0.253 e. The van der Waals surface area contributed by atoms with Crippen LogP contribution < -0.4 is 9.64 Å². The van der Waals surface area contributed by atoms with Crippen LogP contribution in [-0.4, -0.2) is 50.4 Å². The third kappa shape index (κ3) is 4.28. The number of rotatable bonds is 5. The number of carbonyl (C=O) groups is 1. The molecule has 1 heterocycles. The van der Waals surface area contributed by atoms with Gasteiger partial charge in [0.25, 0.3) is 5.91 Å². The number of thioether (sulfide) groups is 1. The van der Waals surface area contributed by atoms with Crippen LogP contribution in [-0.2, 0) is 5.75 Å². The molecule has 5 heteroatoms. The van der Waals surface area contributed by atoms with Crippen LogP contribution in [0.5, 0.6) is 5.75 Å². The molecule has 25 heavy (non-hydrogen) atoms. The first kappa shape index (κ1) is 17.7. The number of hydrogen-bond acceptors (Lipinski definition) is 4. The van der Waals surface area contributed by atoms with Crippen LogP contribution in [0.4, 0.5) is 5.69 Å². The Morgan fingerprint density at radius 3 is 2.20 bits per heavy atom. The summed E-state index contributed by atoms with van der Waals surface area (Å²) < 4.78 is 5.20. The van der Waals surface area contributed by atoms with E-state index in [0.717, 1.165) is 43.2 Å². The highest BCUT2D eigenvalue weighted by molar-refractivity contribution is 7.97. The van der Waals surface area contributed by atoms with E-state index in [2.05, 4.69) is 35.4 Å². The Labute approximate surface area is 153 Å². The molecule has 1 fully saturated rings. The highest BCUT2D eigenvalue weighted by atomic mass is 32.2. The summed E-state index contributed by atoms with van der Waals surface area (Å²) in [6.07, 6.45) is 2.08. The summed E-state index contributed by atoms with van der Waals surface area (Å²) in [5.41, 5.74) is 3.21. The second kappa shape index (κ2) is 8.30. The van der Waals surface area contributed by atoms with Gasteiger partial charge in [-0.25, -0.2) is 0 Å². The van der Waals surface area contributed by atoms with Crippen LogP contribution in [0.25, 0.3) is 0 Å². The first-order valence-electron chi connectivity index (χ1n) is 8.47. The van der Waals surface area contributed by atoms with E-state index in [1.807, 2.05) is 29.2 Å². The Bertz CT molecular complexity index is 693. The molecule has 0 aromatic heterocycles. The molecule has 0 bridgehead atoms. The number of anilines is 1. The van der Waals surface area contributed by atoms with Gasteiger partial charge in [0.15, 0.2) is 0 Å². The topological polar surface area (TPSA) is 32.8 Å². The minimum atomic E-state index is 0.130. The Kier molecular flexibility index (Phi) is 5.87. The molecular formula is C20H24N2O2S. The van der Waals surface area contributed by atoms with Crippen LogP contribution in [0.15, 0.2) is 48.5 Å². The minimum Gasteiger partial charge on any atom is -0.497 e. The van der Waals surface area contributed by atoms with E-state index in [1.165, 1.54) is 11.3 Å². The predicted octanol–water partition coefficient (Wildman–Crippen LogP) is 3.52. The maximum absolute atomic E-state index is 12.7. The molecule has 2 aromatic rings. The summed E-state index contributed by atoms with van der Waals surface area (Å²) in [6, 6.07) is 16.1. The van der Waals surface area contributed by atoms with Crippen molar-refractivity contribution in [3.8, 4) is 5.75 Å². The van der Waals surface area contributed by atoms with Gasteiger partial charge in [-0.3, -0.25) is 4.79 Å². The fourth-order valence-electron chi connectivity index (χ4n) is 3.05. The molecule has 0 saturated carbocycles. The Balaban J connectivity index is 1.58. The Hall–Kier alpha value is -2.14. The number of amides is 1. The minimum absolute atomic E-state index is 0.130. The number of hydrogen-bond donors (Lipinski definition) is 0. The van der Waals surface area contributed by atoms with Crippen LogP contribution in [0, 0.1) is 0 Å². The van der Waals surface area contributed by atoms with Crippen molar-refractivity contribution >= 4 is 23.4 Å². The highest BCUT2D eigenvalue weighted by Gasteiger charge is 2.22. The van der Waals surface area contributed by atoms with Gasteiger partial charge in [0.05, 0.1) is 7.11 Å². The fraction of sp³-hybridized carbons (Fsp3) is 0.350. The van der Waals surface area contributed by atoms with Crippen molar-refractivity contribution in [1.29, 1.82) is 0 Å². The third-order valence-electron chi connectivity index (χ3n) is 4.52. The lowest BCUT2D eigenvalue weighted by atomic mass is 10.1. The zero-order chi connectivity index (χ0) is 17.6. The van der Waals surface area contributed by atoms with Gasteiger partial charge in [0.1, 0.15) is 5.75 Å². The zero-order valence-electron chi connectivity index (χ0n) is 14.8. The van der Waals surface area contributed by atoms with Crippen molar-refractivity contribution in [2.45, 2.75) is 5.75 Å². The molecule has 0 spiro atoms. The average Bonchev–Trinajstić information content (AvgIpc) is 2.68. The summed E-state index contributed by atoms with van der Waals surface area (Å²) in [5, 5.41) is 0. The number of carbonyl (C=O) groups excluding carboxylic acids is 1. The molecule has 0 atom stereocenters. The predicted molar refractivity (Wildman–Crippen MR) is 105 cm³/mol. The van der Waals surface area contributed by atoms with Crippen molar-refractivity contribution < 1.29 is 9.53 Å². The van der Waals surface area contributed by atoms with Crippen molar-refractivity contribution in [2.24, 2.45) is 0 Å². The van der Waals surface area contributed by atoms with E-state index in [9.17, 15) is 4.79 Å². The van der Waals surface area contributed by atoms with Gasteiger partial charge in [0, 0.05) is 43.2 Å². The molecule has 132 valence electrons. The lowest BCUT2D eigenvalue weighted by molar-refractivity contribution is 0.0747. The van der Waals surface area contributed by atoms with E-state index in [1.54, 1.807) is 18.9 Å². The number of benzene rings is 2. The zero-order valence-corrected chi connectivity index (χ0v) is 15.6. The molecule has 1 saturated heterocycles. The fourth-order valence-corrected chi connectivity index (χ4v) is 3.58. The van der Waals surface area contributed by atoms with E-state index < -0.39 is 0 Å². The van der Waals surface area contributed by atoms with E-state index in [4.69, 9.17) is 4.74 Å². The molecule has 4 nitrogen and oxygen atoms in total. The molecular weight excluding hydrogens is 332 g/mol. The molecule has 0 unspecified atom stereocenters. The van der Waals surface area contributed by atoms with Crippen LogP contribution in [0.1, 0.15) is 15.9 Å². The second-order valence-corrected chi connectivity index (χ2v) is 6.97. The Morgan fingerprint density at radius 2 is 1.64 bits per heavy atom. The average molecular weight is 356 g/mol. The molecule has 1 aliphatic rings. The lowest BCUT2D eigenvalue weighted by Gasteiger charge is -2.36. The quantitative estimate of drug-likeness (QED) is 0.821. The van der Waals surface area contributed by atoms with Crippen molar-refractivity contribution in [2.75, 3.05) is 44.4 Å². The molecule has 1 aliphatic heterocycles. The summed E-state index contributed by atoms with van der Waals surface area (Å²) in [4.78, 5) is 16.9. The maximum atomic E-state index is 12.7. The monoisotopic (exact) mass is 356 g/mol. The summed E-state index contributed by atoms with van der Waals surface area (Å²) >= 11 is 1.79. The summed E-state index contributed by atoms with van der Waals surface area (Å²) in [7, 11) is 1.67. The van der Waals surface area contributed by atoms with Crippen molar-refractivity contribution in [1.82, 2.24) is 4.90 Å². The number of nitrogens with zero attached hydrogens (tertiary/aromatic N) is 2. The lowest BCUT2D eigenvalue weighted by Crippen LogP contribution is -2.48. The van der Waals surface area contributed by atoms with Gasteiger partial charge in [-0.1, -0.05) is 12.1 Å². The summed E-state index contributed by atoms with van der Waals surface area (Å²) in [6.45, 7) is 3.19. The van der Waals surface area contributed by atoms with Gasteiger partial charge >= 0.3 is 0 Å². The molecule has 0 radical (unpaired) electrons. The first-order valence-corrected chi connectivity index (χ1v) is 9.87. The van der Waals surface area contributed by atoms with Gasteiger partial charge in [-0.15, -0.1) is 0 Å². The molecule has 0 N–H and O–H groups in total. The Morgan fingerprint density at radius 1 is 1.00 bits per heavy atom. The van der Waals surface area contributed by atoms with E-state index in [-0.39, 0.29) is 5.91 Å². The van der Waals surface area contributed by atoms with Crippen molar-refractivity contribution in [3.05, 3.63) is 59.7 Å². The first-order chi connectivity index (χ1) is 12.2. The van der Waals surface area contributed by atoms with Gasteiger partial charge < -0.3 is 14.5 Å². The molecule has 0 aliphatic carbocycles. The van der Waals surface area contributed by atoms with Crippen LogP contribution in [0.3, 0.4) is 0 Å². The van der Waals surface area contributed by atoms with E-state index >= 15 is 0 Å². The molecule has 1 amide bonds. The van der Waals surface area contributed by atoms with Gasteiger partial charge in [0.2, 0.25) is 0 Å². The molecule has 3 rings (SSSR count). The van der Waals surface area contributed by atoms with Crippen molar-refractivity contribution in [3.63, 3.8) is 0 Å². The van der Waals surface area contributed by atoms with Crippen LogP contribution in [0.2, 0.25) is 0 Å². The maximum Gasteiger partial charge on any atom is 0.253 e. The number of piperazine rings is 1. The number of ether oxygens (including phenoxy) is 1. The largest absolute Gasteiger partial charge is 0.497 e. The number of methoxy groups -OCH3 is 1. The summed E-state index contributed by atoms with van der Waals surface area (Å²) in [5.74, 6) is 1.97. The van der Waals surface area contributed by atoms with Gasteiger partial charge in [-0.05, 0) is 48.2 Å².